The Balaban J connectivity index is 2.13. The van der Waals surface area contributed by atoms with Crippen molar-refractivity contribution < 1.29 is 4.74 Å². The minimum atomic E-state index is 0.199. The predicted octanol–water partition coefficient (Wildman–Crippen LogP) is 2.29. The van der Waals surface area contributed by atoms with E-state index in [1.165, 1.54) is 12.0 Å². The van der Waals surface area contributed by atoms with Crippen molar-refractivity contribution in [3.8, 4) is 5.75 Å². The minimum Gasteiger partial charge on any atom is -0.494 e. The molecule has 1 saturated heterocycles. The average molecular weight is 191 g/mol. The molecule has 1 fully saturated rings. The van der Waals surface area contributed by atoms with Crippen molar-refractivity contribution in [3.05, 3.63) is 29.8 Å². The second-order valence-electron chi connectivity index (χ2n) is 3.97. The Labute approximate surface area is 85.3 Å². The van der Waals surface area contributed by atoms with E-state index >= 15 is 0 Å². The van der Waals surface area contributed by atoms with Gasteiger partial charge >= 0.3 is 0 Å². The first-order chi connectivity index (χ1) is 6.74. The zero-order chi connectivity index (χ0) is 10.0. The van der Waals surface area contributed by atoms with Gasteiger partial charge in [0.05, 0.1) is 6.61 Å². The van der Waals surface area contributed by atoms with Gasteiger partial charge < -0.3 is 10.1 Å². The Kier molecular flexibility index (Phi) is 2.46. The van der Waals surface area contributed by atoms with Crippen molar-refractivity contribution in [3.63, 3.8) is 0 Å². The number of nitrogens with one attached hydrogen (secondary N) is 1. The summed E-state index contributed by atoms with van der Waals surface area (Å²) in [5.74, 6) is 0.958. The topological polar surface area (TPSA) is 21.3 Å². The zero-order valence-corrected chi connectivity index (χ0v) is 8.84. The van der Waals surface area contributed by atoms with Crippen LogP contribution >= 0.6 is 0 Å². The van der Waals surface area contributed by atoms with Gasteiger partial charge in [0.25, 0.3) is 0 Å². The van der Waals surface area contributed by atoms with Crippen molar-refractivity contribution in [1.29, 1.82) is 0 Å². The third-order valence-corrected chi connectivity index (χ3v) is 2.94. The first kappa shape index (κ1) is 9.53. The quantitative estimate of drug-likeness (QED) is 0.791. The van der Waals surface area contributed by atoms with E-state index in [-0.39, 0.29) is 5.54 Å². The third kappa shape index (κ3) is 1.62. The number of benzene rings is 1. The van der Waals surface area contributed by atoms with Crippen LogP contribution in [-0.4, -0.2) is 13.2 Å². The van der Waals surface area contributed by atoms with E-state index in [4.69, 9.17) is 4.74 Å². The van der Waals surface area contributed by atoms with Gasteiger partial charge in [-0.05, 0) is 44.5 Å². The molecule has 2 heteroatoms. The number of ether oxygens (including phenoxy) is 1. The van der Waals surface area contributed by atoms with Crippen molar-refractivity contribution >= 4 is 0 Å². The molecule has 2 rings (SSSR count). The van der Waals surface area contributed by atoms with Gasteiger partial charge in [-0.25, -0.2) is 0 Å². The third-order valence-electron chi connectivity index (χ3n) is 2.94. The second kappa shape index (κ2) is 3.62. The molecule has 14 heavy (non-hydrogen) atoms. The fourth-order valence-corrected chi connectivity index (χ4v) is 1.83. The molecule has 0 radical (unpaired) electrons. The molecule has 76 valence electrons. The summed E-state index contributed by atoms with van der Waals surface area (Å²) in [5.41, 5.74) is 1.55. The summed E-state index contributed by atoms with van der Waals surface area (Å²) >= 11 is 0. The number of hydrogen-bond acceptors (Lipinski definition) is 2. The highest BCUT2D eigenvalue weighted by atomic mass is 16.5. The van der Waals surface area contributed by atoms with Crippen molar-refractivity contribution in [1.82, 2.24) is 5.32 Å². The maximum atomic E-state index is 5.40. The molecule has 1 aliphatic heterocycles. The molecule has 0 amide bonds. The standard InChI is InChI=1S/C12H17NO/c1-3-14-11-6-4-10(5-7-11)12(2)8-9-13-12/h4-7,13H,3,8-9H2,1-2H3. The van der Waals surface area contributed by atoms with Gasteiger partial charge in [0.2, 0.25) is 0 Å². The molecule has 1 unspecified atom stereocenters. The summed E-state index contributed by atoms with van der Waals surface area (Å²) < 4.78 is 5.40. The molecular formula is C12H17NO. The molecule has 1 aliphatic rings. The van der Waals surface area contributed by atoms with Crippen molar-refractivity contribution in [2.45, 2.75) is 25.8 Å². The van der Waals surface area contributed by atoms with Gasteiger partial charge in [-0.15, -0.1) is 0 Å². The molecular weight excluding hydrogens is 174 g/mol. The fourth-order valence-electron chi connectivity index (χ4n) is 1.83. The molecule has 0 aliphatic carbocycles. The Morgan fingerprint density at radius 1 is 1.36 bits per heavy atom. The van der Waals surface area contributed by atoms with Crippen LogP contribution in [0.5, 0.6) is 5.75 Å². The van der Waals surface area contributed by atoms with Crippen molar-refractivity contribution in [2.75, 3.05) is 13.2 Å². The van der Waals surface area contributed by atoms with E-state index in [9.17, 15) is 0 Å². The van der Waals surface area contributed by atoms with E-state index in [1.807, 2.05) is 19.1 Å². The van der Waals surface area contributed by atoms with Crippen LogP contribution < -0.4 is 10.1 Å². The summed E-state index contributed by atoms with van der Waals surface area (Å²) in [6, 6.07) is 8.39. The maximum Gasteiger partial charge on any atom is 0.119 e. The minimum absolute atomic E-state index is 0.199. The van der Waals surface area contributed by atoms with E-state index in [2.05, 4.69) is 24.4 Å². The van der Waals surface area contributed by atoms with E-state index in [1.54, 1.807) is 0 Å². The largest absolute Gasteiger partial charge is 0.494 e. The van der Waals surface area contributed by atoms with Crippen LogP contribution in [0.1, 0.15) is 25.8 Å². The SMILES string of the molecule is CCOc1ccc(C2(C)CCN2)cc1. The molecule has 1 atom stereocenters. The van der Waals surface area contributed by atoms with E-state index in [0.29, 0.717) is 0 Å². The van der Waals surface area contributed by atoms with Gasteiger partial charge in [-0.1, -0.05) is 12.1 Å². The van der Waals surface area contributed by atoms with Crippen molar-refractivity contribution in [2.24, 2.45) is 0 Å². The Bertz CT molecular complexity index is 301. The van der Waals surface area contributed by atoms with Gasteiger partial charge in [0.1, 0.15) is 5.75 Å². The molecule has 2 nitrogen and oxygen atoms in total. The molecule has 1 aromatic carbocycles. The second-order valence-corrected chi connectivity index (χ2v) is 3.97. The molecule has 0 spiro atoms. The van der Waals surface area contributed by atoms with Gasteiger partial charge in [-0.3, -0.25) is 0 Å². The van der Waals surface area contributed by atoms with Gasteiger partial charge in [-0.2, -0.15) is 0 Å². The van der Waals surface area contributed by atoms with Gasteiger partial charge in [0, 0.05) is 5.54 Å². The molecule has 0 aromatic heterocycles. The number of hydrogen-bond donors (Lipinski definition) is 1. The fraction of sp³-hybridized carbons (Fsp3) is 0.500. The van der Waals surface area contributed by atoms with Crippen LogP contribution in [0, 0.1) is 0 Å². The van der Waals surface area contributed by atoms with Crippen LogP contribution in [0.4, 0.5) is 0 Å². The molecule has 0 bridgehead atoms. The van der Waals surface area contributed by atoms with E-state index < -0.39 is 0 Å². The lowest BCUT2D eigenvalue weighted by Crippen LogP contribution is -2.51. The lowest BCUT2D eigenvalue weighted by atomic mass is 9.83. The van der Waals surface area contributed by atoms with E-state index in [0.717, 1.165) is 18.9 Å². The smallest absolute Gasteiger partial charge is 0.119 e. The molecule has 1 N–H and O–H groups in total. The first-order valence-corrected chi connectivity index (χ1v) is 5.23. The summed E-state index contributed by atoms with van der Waals surface area (Å²) in [5, 5.41) is 3.45. The highest BCUT2D eigenvalue weighted by Gasteiger charge is 2.32. The normalized spacial score (nSPS) is 25.6. The lowest BCUT2D eigenvalue weighted by molar-refractivity contribution is 0.236. The summed E-state index contributed by atoms with van der Waals surface area (Å²) in [6.45, 7) is 6.10. The molecule has 1 aromatic rings. The predicted molar refractivity (Wildman–Crippen MR) is 57.6 cm³/mol. The summed E-state index contributed by atoms with van der Waals surface area (Å²) in [6.07, 6.45) is 1.22. The van der Waals surface area contributed by atoms with Crippen LogP contribution in [0.3, 0.4) is 0 Å². The first-order valence-electron chi connectivity index (χ1n) is 5.23. The Hall–Kier alpha value is -1.02. The molecule has 0 saturated carbocycles. The Morgan fingerprint density at radius 3 is 2.43 bits per heavy atom. The van der Waals surface area contributed by atoms with Crippen LogP contribution in [0.15, 0.2) is 24.3 Å². The summed E-state index contributed by atoms with van der Waals surface area (Å²) in [4.78, 5) is 0. The monoisotopic (exact) mass is 191 g/mol. The van der Waals surface area contributed by atoms with Gasteiger partial charge in [0.15, 0.2) is 0 Å². The molecule has 1 heterocycles. The highest BCUT2D eigenvalue weighted by Crippen LogP contribution is 2.31. The number of rotatable bonds is 3. The summed E-state index contributed by atoms with van der Waals surface area (Å²) in [7, 11) is 0. The maximum absolute atomic E-state index is 5.40. The van der Waals surface area contributed by atoms with Crippen LogP contribution in [-0.2, 0) is 5.54 Å². The zero-order valence-electron chi connectivity index (χ0n) is 8.84. The lowest BCUT2D eigenvalue weighted by Gasteiger charge is -2.40. The highest BCUT2D eigenvalue weighted by molar-refractivity contribution is 5.32. The van der Waals surface area contributed by atoms with Crippen LogP contribution in [0.25, 0.3) is 0 Å². The Morgan fingerprint density at radius 2 is 2.00 bits per heavy atom. The average Bonchev–Trinajstić information content (AvgIpc) is 2.16. The van der Waals surface area contributed by atoms with Crippen LogP contribution in [0.2, 0.25) is 0 Å².